The molecule has 2 saturated heterocycles. The third-order valence-electron chi connectivity index (χ3n) is 14.5. The van der Waals surface area contributed by atoms with Gasteiger partial charge < -0.3 is 29.5 Å². The number of hydrazine groups is 1. The van der Waals surface area contributed by atoms with Crippen molar-refractivity contribution in [2.75, 3.05) is 33.8 Å². The quantitative estimate of drug-likeness (QED) is 0.103. The van der Waals surface area contributed by atoms with Crippen molar-refractivity contribution in [3.8, 4) is 28.1 Å². The summed E-state index contributed by atoms with van der Waals surface area (Å²) in [5.74, 6) is -1.75. The van der Waals surface area contributed by atoms with Crippen molar-refractivity contribution >= 4 is 40.5 Å². The third kappa shape index (κ3) is 10.0. The number of esters is 1. The summed E-state index contributed by atoms with van der Waals surface area (Å²) < 4.78 is 8.45. The van der Waals surface area contributed by atoms with E-state index >= 15 is 0 Å². The molecule has 0 radical (unpaired) electrons. The lowest BCUT2D eigenvalue weighted by Gasteiger charge is -2.37. The molecule has 4 aromatic rings. The molecule has 2 aromatic carbocycles. The molecule has 4 N–H and O–H groups in total. The fourth-order valence-corrected chi connectivity index (χ4v) is 10.6. The number of aromatic nitrogens is 2. The number of phenols is 1. The van der Waals surface area contributed by atoms with Crippen LogP contribution in [0, 0.1) is 17.3 Å². The van der Waals surface area contributed by atoms with Crippen molar-refractivity contribution in [2.45, 2.75) is 136 Å². The highest BCUT2D eigenvalue weighted by Crippen LogP contribution is 2.42. The molecule has 1 saturated carbocycles. The largest absolute Gasteiger partial charge is 0.508 e. The second-order valence-corrected chi connectivity index (χ2v) is 21.1. The standard InChI is InChI=1S/C53H70N8O7/c1-10-60-42-19-18-34-26-38(42)39(48(60)37-16-12-20-54-44(37)30(2)3)27-53(6,7)29-68-52(67)40-17-13-21-61(57-40)50(65)41(24-32-22-35(34)25-36(62)23-32)55-49(64)47(31(4)5)59(9)43(63)28-58(8)51(66)46-45(56-46)33-14-11-15-33/h12,16,18-20,22-23,25-26,30-31,33,40-41,45-47,56-57,62H,10-11,13-15,17,21,24,27-29H2,1-9H3,(H,55,64)/t40-,41-,45+,46+,47-/m0/s1. The van der Waals surface area contributed by atoms with E-state index in [0.29, 0.717) is 37.3 Å². The molecule has 0 unspecified atom stereocenters. The highest BCUT2D eigenvalue weighted by molar-refractivity contribution is 5.96. The van der Waals surface area contributed by atoms with Crippen LogP contribution < -0.4 is 16.1 Å². The normalized spacial score (nSPS) is 22.3. The molecule has 4 aliphatic rings. The van der Waals surface area contributed by atoms with E-state index < -0.39 is 47.2 Å². The Morgan fingerprint density at radius 3 is 2.46 bits per heavy atom. The molecule has 3 aliphatic heterocycles. The van der Waals surface area contributed by atoms with Crippen molar-refractivity contribution in [1.29, 1.82) is 0 Å². The Morgan fingerprint density at radius 1 is 1.00 bits per heavy atom. The highest BCUT2D eigenvalue weighted by Gasteiger charge is 2.50. The summed E-state index contributed by atoms with van der Waals surface area (Å²) in [6.45, 7) is 15.2. The molecule has 15 nitrogen and oxygen atoms in total. The van der Waals surface area contributed by atoms with E-state index in [0.717, 1.165) is 57.4 Å². The average molecular weight is 931 g/mol. The van der Waals surface area contributed by atoms with Crippen LogP contribution >= 0.6 is 0 Å². The van der Waals surface area contributed by atoms with E-state index in [9.17, 15) is 29.1 Å². The molecule has 364 valence electrons. The number of fused-ring (bicyclic) bond motifs is 6. The van der Waals surface area contributed by atoms with Crippen molar-refractivity contribution in [1.82, 2.24) is 40.4 Å². The maximum absolute atomic E-state index is 14.7. The molecule has 1 aliphatic carbocycles. The first-order chi connectivity index (χ1) is 32.3. The summed E-state index contributed by atoms with van der Waals surface area (Å²) in [7, 11) is 3.16. The van der Waals surface area contributed by atoms with Gasteiger partial charge in [-0.05, 0) is 115 Å². The van der Waals surface area contributed by atoms with Gasteiger partial charge in [0.25, 0.3) is 5.91 Å². The molecular weight excluding hydrogens is 861 g/mol. The van der Waals surface area contributed by atoms with Crippen molar-refractivity contribution < 1.29 is 33.8 Å². The summed E-state index contributed by atoms with van der Waals surface area (Å²) in [6.07, 6.45) is 6.75. The molecule has 0 spiro atoms. The van der Waals surface area contributed by atoms with E-state index in [1.54, 1.807) is 26.2 Å². The number of phenolic OH excluding ortho intramolecular Hbond substituents is 1. The number of nitrogens with one attached hydrogen (secondary N) is 3. The van der Waals surface area contributed by atoms with Crippen LogP contribution in [0.15, 0.2) is 54.7 Å². The highest BCUT2D eigenvalue weighted by atomic mass is 16.5. The molecule has 6 bridgehead atoms. The summed E-state index contributed by atoms with van der Waals surface area (Å²) in [5.41, 5.74) is 10.1. The minimum absolute atomic E-state index is 0.00185. The zero-order valence-electron chi connectivity index (χ0n) is 41.2. The number of hydrogen-bond donors (Lipinski definition) is 4. The predicted molar refractivity (Wildman–Crippen MR) is 261 cm³/mol. The molecule has 5 atom stereocenters. The van der Waals surface area contributed by atoms with Gasteiger partial charge in [0.2, 0.25) is 17.7 Å². The monoisotopic (exact) mass is 931 g/mol. The SMILES string of the molecule is CCn1c(-c2cccnc2C(C)C)c2c3cc(ccc31)-c1cc(O)cc(c1)C[C@H](NC(=O)[C@H](C(C)C)N(C)C(=O)CN(C)C(=O)[C@@H]1N[C@@H]1C1CCC1)C(=O)N1CCC[C@H](N1)C(=O)OCC(C)(C)C2. The number of amides is 4. The Hall–Kier alpha value is -5.80. The summed E-state index contributed by atoms with van der Waals surface area (Å²) in [4.78, 5) is 78.0. The number of benzene rings is 2. The van der Waals surface area contributed by atoms with Gasteiger partial charge in [0, 0.05) is 67.7 Å². The first kappa shape index (κ1) is 48.6. The van der Waals surface area contributed by atoms with E-state index in [-0.39, 0.29) is 61.7 Å². The molecule has 68 heavy (non-hydrogen) atoms. The Morgan fingerprint density at radius 2 is 1.76 bits per heavy atom. The van der Waals surface area contributed by atoms with Crippen LogP contribution in [0.3, 0.4) is 0 Å². The number of carbonyl (C=O) groups excluding carboxylic acids is 5. The lowest BCUT2D eigenvalue weighted by molar-refractivity contribution is -0.155. The second-order valence-electron chi connectivity index (χ2n) is 21.1. The van der Waals surface area contributed by atoms with Crippen molar-refractivity contribution in [3.05, 3.63) is 71.5 Å². The Balaban J connectivity index is 1.14. The molecule has 5 heterocycles. The van der Waals surface area contributed by atoms with Gasteiger partial charge in [-0.2, -0.15) is 0 Å². The zero-order valence-corrected chi connectivity index (χ0v) is 41.2. The number of pyridine rings is 1. The molecule has 8 rings (SSSR count). The lowest BCUT2D eigenvalue weighted by atomic mass is 9.81. The van der Waals surface area contributed by atoms with Gasteiger partial charge in [-0.1, -0.05) is 60.1 Å². The van der Waals surface area contributed by atoms with Crippen LogP contribution in [0.4, 0.5) is 0 Å². The van der Waals surface area contributed by atoms with E-state index in [4.69, 9.17) is 9.72 Å². The summed E-state index contributed by atoms with van der Waals surface area (Å²) in [6, 6.07) is 12.5. The van der Waals surface area contributed by atoms with Crippen LogP contribution in [0.5, 0.6) is 5.75 Å². The fourth-order valence-electron chi connectivity index (χ4n) is 10.6. The van der Waals surface area contributed by atoms with Crippen LogP contribution in [-0.4, -0.2) is 123 Å². The van der Waals surface area contributed by atoms with E-state index in [2.05, 4.69) is 73.4 Å². The van der Waals surface area contributed by atoms with Gasteiger partial charge in [0.05, 0.1) is 24.5 Å². The van der Waals surface area contributed by atoms with Gasteiger partial charge >= 0.3 is 5.97 Å². The Bertz CT molecular complexity index is 2580. The number of cyclic esters (lactones) is 1. The molecule has 3 fully saturated rings. The zero-order chi connectivity index (χ0) is 48.8. The molecule has 15 heteroatoms. The fraction of sp³-hybridized carbons (Fsp3) is 0.547. The predicted octanol–water partition coefficient (Wildman–Crippen LogP) is 5.95. The first-order valence-electron chi connectivity index (χ1n) is 24.6. The minimum atomic E-state index is -1.17. The van der Waals surface area contributed by atoms with Gasteiger partial charge in [0.15, 0.2) is 0 Å². The van der Waals surface area contributed by atoms with Gasteiger partial charge in [-0.25, -0.2) is 5.43 Å². The average Bonchev–Trinajstić information content (AvgIpc) is 4.00. The smallest absolute Gasteiger partial charge is 0.324 e. The number of hydrogen-bond acceptors (Lipinski definition) is 10. The van der Waals surface area contributed by atoms with Crippen molar-refractivity contribution in [3.63, 3.8) is 0 Å². The third-order valence-corrected chi connectivity index (χ3v) is 14.5. The maximum Gasteiger partial charge on any atom is 0.324 e. The maximum atomic E-state index is 14.7. The van der Waals surface area contributed by atoms with Gasteiger partial charge in [-0.15, -0.1) is 0 Å². The van der Waals surface area contributed by atoms with Gasteiger partial charge in [-0.3, -0.25) is 39.3 Å². The summed E-state index contributed by atoms with van der Waals surface area (Å²) >= 11 is 0. The van der Waals surface area contributed by atoms with Crippen LogP contribution in [0.1, 0.15) is 103 Å². The summed E-state index contributed by atoms with van der Waals surface area (Å²) in [5, 5.41) is 20.1. The number of ether oxygens (including phenoxy) is 1. The number of nitrogens with zero attached hydrogens (tertiary/aromatic N) is 5. The number of carbonyl (C=O) groups is 5. The van der Waals surface area contributed by atoms with Crippen LogP contribution in [0.25, 0.3) is 33.3 Å². The van der Waals surface area contributed by atoms with Crippen LogP contribution in [0.2, 0.25) is 0 Å². The topological polar surface area (TPSA) is 188 Å². The van der Waals surface area contributed by atoms with E-state index in [1.807, 2.05) is 38.2 Å². The molecule has 4 amide bonds. The molecular formula is C53H70N8O7. The number of rotatable bonds is 11. The number of likely N-dealkylation sites (N-methyl/N-ethyl adjacent to an activating group) is 2. The lowest BCUT2D eigenvalue weighted by Crippen LogP contribution is -2.62. The number of aryl methyl sites for hydroxylation is 1. The van der Waals surface area contributed by atoms with E-state index in [1.165, 1.54) is 21.2 Å². The van der Waals surface area contributed by atoms with Gasteiger partial charge in [0.1, 0.15) is 29.9 Å². The molecule has 2 aromatic heterocycles. The number of aromatic hydroxyl groups is 1. The van der Waals surface area contributed by atoms with Crippen molar-refractivity contribution in [2.24, 2.45) is 17.3 Å². The first-order valence-corrected chi connectivity index (χ1v) is 24.6. The minimum Gasteiger partial charge on any atom is -0.508 e. The van der Waals surface area contributed by atoms with Crippen LogP contribution in [-0.2, 0) is 48.1 Å². The Kier molecular flexibility index (Phi) is 14.1. The Labute approximate surface area is 400 Å². The second kappa shape index (κ2) is 19.7.